The third-order valence-electron chi connectivity index (χ3n) is 6.03. The van der Waals surface area contributed by atoms with Crippen LogP contribution in [0.2, 0.25) is 0 Å². The fourth-order valence-corrected chi connectivity index (χ4v) is 6.08. The normalized spacial score (nSPS) is 12.2. The number of hydrogen-bond acceptors (Lipinski definition) is 8. The van der Waals surface area contributed by atoms with Crippen molar-refractivity contribution in [3.8, 4) is 36.2 Å². The molecule has 2 aromatic heterocycles. The van der Waals surface area contributed by atoms with Gasteiger partial charge in [-0.3, -0.25) is 9.97 Å². The number of phenolic OH excluding ortho intramolecular Hbond substituents is 2. The molecule has 4 rings (SSSR count). The number of phenols is 2. The number of nitrogens with zero attached hydrogens (tertiary/aromatic N) is 2. The van der Waals surface area contributed by atoms with Gasteiger partial charge in [0.05, 0.1) is 13.1 Å². The summed E-state index contributed by atoms with van der Waals surface area (Å²) in [6, 6.07) is 15.9. The Hall–Kier alpha value is -3.40. The number of hydrogen-bond donors (Lipinski definition) is 4. The van der Waals surface area contributed by atoms with Crippen molar-refractivity contribution in [3.63, 3.8) is 0 Å². The van der Waals surface area contributed by atoms with Gasteiger partial charge in [-0.2, -0.15) is 23.5 Å². The second-order valence-electron chi connectivity index (χ2n) is 9.29. The molecule has 2 heterocycles. The zero-order valence-electron chi connectivity index (χ0n) is 22.9. The molecule has 0 spiro atoms. The number of aromatic nitrogens is 2. The first-order valence-electron chi connectivity index (χ1n) is 13.0. The van der Waals surface area contributed by atoms with Crippen molar-refractivity contribution in [2.45, 2.75) is 37.4 Å². The van der Waals surface area contributed by atoms with Gasteiger partial charge >= 0.3 is 0 Å². The quantitative estimate of drug-likeness (QED) is 0.164. The Morgan fingerprint density at radius 2 is 1.15 bits per heavy atom. The topological polar surface area (TPSA) is 90.3 Å². The van der Waals surface area contributed by atoms with Gasteiger partial charge in [-0.05, 0) is 49.2 Å². The number of thioether (sulfide) groups is 2. The van der Waals surface area contributed by atoms with Gasteiger partial charge in [0.1, 0.15) is 22.5 Å². The number of rotatable bonds is 12. The second kappa shape index (κ2) is 16.6. The van der Waals surface area contributed by atoms with E-state index < -0.39 is 0 Å². The van der Waals surface area contributed by atoms with Crippen LogP contribution in [0.25, 0.3) is 21.8 Å². The van der Waals surface area contributed by atoms with Gasteiger partial charge < -0.3 is 20.8 Å². The summed E-state index contributed by atoms with van der Waals surface area (Å²) in [5.41, 5.74) is 3.73. The van der Waals surface area contributed by atoms with E-state index >= 15 is 0 Å². The second-order valence-corrected chi connectivity index (χ2v) is 11.3. The van der Waals surface area contributed by atoms with Gasteiger partial charge in [0.2, 0.25) is 0 Å². The predicted octanol–water partition coefficient (Wildman–Crippen LogP) is 5.57. The molecule has 0 aliphatic rings. The van der Waals surface area contributed by atoms with Crippen LogP contribution in [0.1, 0.15) is 25.0 Å². The Morgan fingerprint density at radius 1 is 0.725 bits per heavy atom. The molecular formula is C32H36N4O2S2. The maximum absolute atomic E-state index is 9.81. The molecule has 4 aromatic rings. The Kier molecular flexibility index (Phi) is 13.0. The van der Waals surface area contributed by atoms with Crippen LogP contribution in [0.3, 0.4) is 0 Å². The van der Waals surface area contributed by atoms with Gasteiger partial charge in [0.25, 0.3) is 0 Å². The molecule has 2 atom stereocenters. The minimum absolute atomic E-state index is 0.235. The number of pyridine rings is 2. The Bertz CT molecular complexity index is 1350. The van der Waals surface area contributed by atoms with E-state index in [2.05, 4.69) is 46.3 Å². The van der Waals surface area contributed by atoms with Crippen molar-refractivity contribution in [3.05, 3.63) is 72.1 Å². The van der Waals surface area contributed by atoms with E-state index in [4.69, 9.17) is 12.8 Å². The first-order chi connectivity index (χ1) is 19.4. The van der Waals surface area contributed by atoms with E-state index in [0.717, 1.165) is 33.8 Å². The number of fused-ring (bicyclic) bond motifs is 2. The SMILES string of the molecule is C#CCN[C@@H](C)CSCc1ccc(O)c2ncccc12.C#CCN[C@H](C)CSCc1ccc(O)c2ncccc12. The van der Waals surface area contributed by atoms with E-state index in [0.29, 0.717) is 36.2 Å². The molecule has 0 aliphatic carbocycles. The standard InChI is InChI=1S/2C16H18N2OS/c2*1-3-8-17-12(2)10-20-11-13-6-7-15(19)16-14(13)5-4-9-18-16/h2*1,4-7,9,12,17,19H,8,10-11H2,2H3/t2*12-/m10/s1. The summed E-state index contributed by atoms with van der Waals surface area (Å²) in [4.78, 5) is 8.46. The fraction of sp³-hybridized carbons (Fsp3) is 0.312. The summed E-state index contributed by atoms with van der Waals surface area (Å²) in [5.74, 6) is 9.40. The molecule has 40 heavy (non-hydrogen) atoms. The highest BCUT2D eigenvalue weighted by Gasteiger charge is 2.08. The number of benzene rings is 2. The molecular weight excluding hydrogens is 537 g/mol. The average Bonchev–Trinajstić information content (AvgIpc) is 2.98. The zero-order chi connectivity index (χ0) is 28.7. The summed E-state index contributed by atoms with van der Waals surface area (Å²) >= 11 is 3.69. The third-order valence-corrected chi connectivity index (χ3v) is 8.54. The van der Waals surface area contributed by atoms with E-state index in [1.165, 1.54) is 11.1 Å². The van der Waals surface area contributed by atoms with Crippen LogP contribution < -0.4 is 10.6 Å². The van der Waals surface area contributed by atoms with Crippen LogP contribution in [-0.4, -0.2) is 56.9 Å². The molecule has 208 valence electrons. The monoisotopic (exact) mass is 572 g/mol. The Labute approximate surface area is 245 Å². The summed E-state index contributed by atoms with van der Waals surface area (Å²) in [5, 5.41) is 28.2. The molecule has 0 bridgehead atoms. The minimum Gasteiger partial charge on any atom is -0.506 e. The molecule has 2 aromatic carbocycles. The smallest absolute Gasteiger partial charge is 0.141 e. The van der Waals surface area contributed by atoms with Crippen molar-refractivity contribution >= 4 is 45.3 Å². The first kappa shape index (κ1) is 31.1. The van der Waals surface area contributed by atoms with Gasteiger partial charge in [-0.1, -0.05) is 36.1 Å². The molecule has 6 nitrogen and oxygen atoms in total. The summed E-state index contributed by atoms with van der Waals surface area (Å²) in [6.45, 7) is 5.46. The highest BCUT2D eigenvalue weighted by Crippen LogP contribution is 2.29. The Balaban J connectivity index is 0.000000220. The molecule has 0 aliphatic heterocycles. The lowest BCUT2D eigenvalue weighted by Gasteiger charge is -2.12. The largest absolute Gasteiger partial charge is 0.506 e. The van der Waals surface area contributed by atoms with Gasteiger partial charge in [-0.25, -0.2) is 0 Å². The summed E-state index contributed by atoms with van der Waals surface area (Å²) < 4.78 is 0. The predicted molar refractivity (Wildman–Crippen MR) is 172 cm³/mol. The third kappa shape index (κ3) is 9.36. The van der Waals surface area contributed by atoms with Crippen molar-refractivity contribution < 1.29 is 10.2 Å². The van der Waals surface area contributed by atoms with Crippen LogP contribution in [-0.2, 0) is 11.5 Å². The van der Waals surface area contributed by atoms with E-state index in [1.54, 1.807) is 24.5 Å². The highest BCUT2D eigenvalue weighted by molar-refractivity contribution is 7.98. The molecule has 8 heteroatoms. The zero-order valence-corrected chi connectivity index (χ0v) is 24.6. The van der Waals surface area contributed by atoms with Crippen LogP contribution in [0.15, 0.2) is 60.9 Å². The van der Waals surface area contributed by atoms with E-state index in [9.17, 15) is 10.2 Å². The number of aromatic hydroxyl groups is 2. The lowest BCUT2D eigenvalue weighted by Crippen LogP contribution is -2.28. The number of nitrogens with one attached hydrogen (secondary N) is 2. The maximum Gasteiger partial charge on any atom is 0.141 e. The van der Waals surface area contributed by atoms with Crippen LogP contribution >= 0.6 is 23.5 Å². The van der Waals surface area contributed by atoms with Crippen molar-refractivity contribution in [2.75, 3.05) is 24.6 Å². The van der Waals surface area contributed by atoms with E-state index in [-0.39, 0.29) is 11.5 Å². The molecule has 0 amide bonds. The lowest BCUT2D eigenvalue weighted by molar-refractivity contribution is 0.479. The molecule has 0 radical (unpaired) electrons. The van der Waals surface area contributed by atoms with Gasteiger partial charge in [-0.15, -0.1) is 12.8 Å². The maximum atomic E-state index is 9.81. The molecule has 4 N–H and O–H groups in total. The first-order valence-corrected chi connectivity index (χ1v) is 15.4. The molecule has 0 unspecified atom stereocenters. The van der Waals surface area contributed by atoms with Gasteiger partial charge in [0.15, 0.2) is 0 Å². The summed E-state index contributed by atoms with van der Waals surface area (Å²) in [6.07, 6.45) is 13.8. The fourth-order valence-electron chi connectivity index (χ4n) is 3.96. The van der Waals surface area contributed by atoms with Crippen LogP contribution in [0, 0.1) is 24.7 Å². The van der Waals surface area contributed by atoms with Crippen molar-refractivity contribution in [1.82, 2.24) is 20.6 Å². The summed E-state index contributed by atoms with van der Waals surface area (Å²) in [7, 11) is 0. The molecule has 0 saturated carbocycles. The minimum atomic E-state index is 0.235. The van der Waals surface area contributed by atoms with Crippen LogP contribution in [0.4, 0.5) is 0 Å². The lowest BCUT2D eigenvalue weighted by atomic mass is 10.1. The average molecular weight is 573 g/mol. The van der Waals surface area contributed by atoms with Crippen molar-refractivity contribution in [2.24, 2.45) is 0 Å². The molecule has 0 saturated heterocycles. The van der Waals surface area contributed by atoms with Crippen LogP contribution in [0.5, 0.6) is 11.5 Å². The van der Waals surface area contributed by atoms with Crippen molar-refractivity contribution in [1.29, 1.82) is 0 Å². The van der Waals surface area contributed by atoms with Gasteiger partial charge in [0, 0.05) is 58.3 Å². The Morgan fingerprint density at radius 3 is 1.55 bits per heavy atom. The molecule has 0 fully saturated rings. The highest BCUT2D eigenvalue weighted by atomic mass is 32.2. The number of terminal acetylenes is 2. The van der Waals surface area contributed by atoms with E-state index in [1.807, 2.05) is 59.9 Å².